The molecule has 2 aromatic carbocycles. The summed E-state index contributed by atoms with van der Waals surface area (Å²) in [5.74, 6) is 1.63. The van der Waals surface area contributed by atoms with Gasteiger partial charge in [-0.3, -0.25) is 0 Å². The molecule has 0 aliphatic rings. The van der Waals surface area contributed by atoms with Crippen LogP contribution in [0.3, 0.4) is 0 Å². The topological polar surface area (TPSA) is 85.1 Å². The molecule has 0 spiro atoms. The zero-order valence-electron chi connectivity index (χ0n) is 13.3. The van der Waals surface area contributed by atoms with Crippen molar-refractivity contribution in [3.8, 4) is 5.75 Å². The number of benzene rings is 2. The molecular formula is C17H15Cl2N5O. The molecule has 8 heteroatoms. The van der Waals surface area contributed by atoms with Crippen molar-refractivity contribution in [3.63, 3.8) is 0 Å². The molecule has 0 aliphatic carbocycles. The van der Waals surface area contributed by atoms with Gasteiger partial charge in [0.1, 0.15) is 17.8 Å². The van der Waals surface area contributed by atoms with Crippen molar-refractivity contribution >= 4 is 51.9 Å². The number of nitrogen functional groups attached to an aromatic ring is 1. The first kappa shape index (κ1) is 17.1. The molecule has 0 aliphatic heterocycles. The molecule has 0 fully saturated rings. The first-order valence-electron chi connectivity index (χ1n) is 7.30. The minimum Gasteiger partial charge on any atom is -0.497 e. The van der Waals surface area contributed by atoms with Crippen LogP contribution in [0, 0.1) is 0 Å². The van der Waals surface area contributed by atoms with Crippen molar-refractivity contribution in [2.24, 2.45) is 0 Å². The van der Waals surface area contributed by atoms with Crippen molar-refractivity contribution in [2.75, 3.05) is 23.5 Å². The Bertz CT molecular complexity index is 904. The third kappa shape index (κ3) is 4.04. The lowest BCUT2D eigenvalue weighted by Gasteiger charge is -2.13. The first-order chi connectivity index (χ1) is 12.1. The van der Waals surface area contributed by atoms with Crippen molar-refractivity contribution in [2.45, 2.75) is 0 Å². The fourth-order valence-electron chi connectivity index (χ4n) is 2.15. The number of nitrogens with two attached hydrogens (primary N) is 1. The van der Waals surface area contributed by atoms with E-state index in [1.54, 1.807) is 25.3 Å². The van der Waals surface area contributed by atoms with Crippen molar-refractivity contribution in [3.05, 3.63) is 58.8 Å². The van der Waals surface area contributed by atoms with Gasteiger partial charge in [0, 0.05) is 16.8 Å². The van der Waals surface area contributed by atoms with Gasteiger partial charge in [-0.2, -0.15) is 0 Å². The summed E-state index contributed by atoms with van der Waals surface area (Å²) in [6.45, 7) is 0. The van der Waals surface area contributed by atoms with E-state index in [1.807, 2.05) is 24.3 Å². The molecule has 6 nitrogen and oxygen atoms in total. The fraction of sp³-hybridized carbons (Fsp3) is 0.0588. The monoisotopic (exact) mass is 375 g/mol. The second kappa shape index (κ2) is 7.46. The van der Waals surface area contributed by atoms with Gasteiger partial charge in [0.15, 0.2) is 11.6 Å². The van der Waals surface area contributed by atoms with Gasteiger partial charge in [0.25, 0.3) is 0 Å². The summed E-state index contributed by atoms with van der Waals surface area (Å²) in [5.41, 5.74) is 7.97. The van der Waals surface area contributed by atoms with Crippen LogP contribution in [0.1, 0.15) is 0 Å². The van der Waals surface area contributed by atoms with E-state index in [1.165, 1.54) is 6.33 Å². The maximum atomic E-state index is 6.18. The SMILES string of the molecule is COc1cccc(Nc2ncnc(Nc3ccc(Cl)cc3Cl)c2N)c1. The second-order valence-corrected chi connectivity index (χ2v) is 5.93. The number of methoxy groups -OCH3 is 1. The van der Waals surface area contributed by atoms with Gasteiger partial charge in [0.2, 0.25) is 0 Å². The van der Waals surface area contributed by atoms with E-state index in [4.69, 9.17) is 33.7 Å². The largest absolute Gasteiger partial charge is 0.497 e. The molecule has 1 aromatic heterocycles. The number of rotatable bonds is 5. The number of hydrogen-bond acceptors (Lipinski definition) is 6. The lowest BCUT2D eigenvalue weighted by atomic mass is 10.3. The summed E-state index contributed by atoms with van der Waals surface area (Å²) < 4.78 is 5.21. The molecular weight excluding hydrogens is 361 g/mol. The van der Waals surface area contributed by atoms with Crippen LogP contribution >= 0.6 is 23.2 Å². The Kier molecular flexibility index (Phi) is 5.11. The average molecular weight is 376 g/mol. The number of anilines is 5. The summed E-state index contributed by atoms with van der Waals surface area (Å²) >= 11 is 12.1. The number of aromatic nitrogens is 2. The Balaban J connectivity index is 1.86. The van der Waals surface area contributed by atoms with Crippen LogP contribution < -0.4 is 21.1 Å². The molecule has 1 heterocycles. The number of ether oxygens (including phenoxy) is 1. The lowest BCUT2D eigenvalue weighted by Crippen LogP contribution is -2.05. The smallest absolute Gasteiger partial charge is 0.159 e. The third-order valence-electron chi connectivity index (χ3n) is 3.40. The van der Waals surface area contributed by atoms with E-state index in [2.05, 4.69) is 20.6 Å². The summed E-state index contributed by atoms with van der Waals surface area (Å²) in [4.78, 5) is 8.36. The Morgan fingerprint density at radius 3 is 2.48 bits per heavy atom. The van der Waals surface area contributed by atoms with Crippen LogP contribution in [0.4, 0.5) is 28.7 Å². The Morgan fingerprint density at radius 2 is 1.76 bits per heavy atom. The van der Waals surface area contributed by atoms with Gasteiger partial charge in [-0.05, 0) is 30.3 Å². The average Bonchev–Trinajstić information content (AvgIpc) is 2.61. The molecule has 0 saturated heterocycles. The molecule has 4 N–H and O–H groups in total. The quantitative estimate of drug-likeness (QED) is 0.590. The van der Waals surface area contributed by atoms with Crippen molar-refractivity contribution in [1.29, 1.82) is 0 Å². The second-order valence-electron chi connectivity index (χ2n) is 5.09. The summed E-state index contributed by atoms with van der Waals surface area (Å²) in [7, 11) is 1.61. The van der Waals surface area contributed by atoms with E-state index >= 15 is 0 Å². The molecule has 0 bridgehead atoms. The van der Waals surface area contributed by atoms with Crippen LogP contribution in [0.15, 0.2) is 48.8 Å². The first-order valence-corrected chi connectivity index (χ1v) is 8.06. The van der Waals surface area contributed by atoms with Crippen LogP contribution in [-0.2, 0) is 0 Å². The molecule has 0 amide bonds. The van der Waals surface area contributed by atoms with Crippen LogP contribution in [0.2, 0.25) is 10.0 Å². The van der Waals surface area contributed by atoms with Crippen molar-refractivity contribution < 1.29 is 4.74 Å². The van der Waals surface area contributed by atoms with Gasteiger partial charge in [-0.1, -0.05) is 29.3 Å². The third-order valence-corrected chi connectivity index (χ3v) is 3.95. The molecule has 128 valence electrons. The van der Waals surface area contributed by atoms with E-state index in [-0.39, 0.29) is 0 Å². The Labute approximate surface area is 155 Å². The summed E-state index contributed by atoms with van der Waals surface area (Å²) in [6, 6.07) is 12.6. The minimum absolute atomic E-state index is 0.358. The van der Waals surface area contributed by atoms with Crippen LogP contribution in [0.5, 0.6) is 5.75 Å². The Hall–Kier alpha value is -2.70. The fourth-order valence-corrected chi connectivity index (χ4v) is 2.61. The lowest BCUT2D eigenvalue weighted by molar-refractivity contribution is 0.415. The minimum atomic E-state index is 0.358. The van der Waals surface area contributed by atoms with E-state index in [0.717, 1.165) is 11.4 Å². The molecule has 25 heavy (non-hydrogen) atoms. The molecule has 0 radical (unpaired) electrons. The van der Waals surface area contributed by atoms with Gasteiger partial charge < -0.3 is 21.1 Å². The number of halogens is 2. The normalized spacial score (nSPS) is 10.4. The van der Waals surface area contributed by atoms with Crippen molar-refractivity contribution in [1.82, 2.24) is 9.97 Å². The zero-order chi connectivity index (χ0) is 17.8. The number of nitrogens with zero attached hydrogens (tertiary/aromatic N) is 2. The van der Waals surface area contributed by atoms with Gasteiger partial charge in [-0.15, -0.1) is 0 Å². The predicted molar refractivity (Wildman–Crippen MR) is 102 cm³/mol. The summed E-state index contributed by atoms with van der Waals surface area (Å²) in [6.07, 6.45) is 1.41. The van der Waals surface area contributed by atoms with Gasteiger partial charge in [0.05, 0.1) is 17.8 Å². The van der Waals surface area contributed by atoms with E-state index in [9.17, 15) is 0 Å². The highest BCUT2D eigenvalue weighted by molar-refractivity contribution is 6.36. The zero-order valence-corrected chi connectivity index (χ0v) is 14.8. The van der Waals surface area contributed by atoms with Gasteiger partial charge >= 0.3 is 0 Å². The number of hydrogen-bond donors (Lipinski definition) is 3. The van der Waals surface area contributed by atoms with Gasteiger partial charge in [-0.25, -0.2) is 9.97 Å². The molecule has 0 unspecified atom stereocenters. The highest BCUT2D eigenvalue weighted by Gasteiger charge is 2.11. The van der Waals surface area contributed by atoms with Crippen LogP contribution in [0.25, 0.3) is 0 Å². The Morgan fingerprint density at radius 1 is 1.00 bits per heavy atom. The highest BCUT2D eigenvalue weighted by Crippen LogP contribution is 2.32. The molecule has 0 saturated carbocycles. The predicted octanol–water partition coefficient (Wildman–Crippen LogP) is 4.86. The molecule has 3 rings (SSSR count). The maximum Gasteiger partial charge on any atom is 0.159 e. The maximum absolute atomic E-state index is 6.18. The number of nitrogens with one attached hydrogen (secondary N) is 2. The standard InChI is InChI=1S/C17H15Cl2N5O/c1-25-12-4-2-3-11(8-12)23-16-15(20)17(22-9-21-16)24-14-6-5-10(18)7-13(14)19/h2-9H,20H2,1H3,(H2,21,22,23,24). The highest BCUT2D eigenvalue weighted by atomic mass is 35.5. The van der Waals surface area contributed by atoms with E-state index < -0.39 is 0 Å². The van der Waals surface area contributed by atoms with E-state index in [0.29, 0.717) is 33.1 Å². The van der Waals surface area contributed by atoms with Crippen LogP contribution in [-0.4, -0.2) is 17.1 Å². The summed E-state index contributed by atoms with van der Waals surface area (Å²) in [5, 5.41) is 7.24. The molecule has 3 aromatic rings. The molecule has 0 atom stereocenters.